The molecule has 0 radical (unpaired) electrons. The van der Waals surface area contributed by atoms with Gasteiger partial charge in [0, 0.05) is 36.4 Å². The smallest absolute Gasteiger partial charge is 0.225 e. The van der Waals surface area contributed by atoms with Gasteiger partial charge in [0.2, 0.25) is 5.91 Å². The van der Waals surface area contributed by atoms with E-state index >= 15 is 0 Å². The van der Waals surface area contributed by atoms with E-state index in [1.165, 1.54) is 6.07 Å². The number of halogens is 1. The lowest BCUT2D eigenvalue weighted by molar-refractivity contribution is -0.120. The van der Waals surface area contributed by atoms with Crippen LogP contribution in [0.3, 0.4) is 0 Å². The summed E-state index contributed by atoms with van der Waals surface area (Å²) in [5.74, 6) is -1.11. The van der Waals surface area contributed by atoms with Gasteiger partial charge in [-0.05, 0) is 53.3 Å². The third-order valence-corrected chi connectivity index (χ3v) is 5.44. The lowest BCUT2D eigenvalue weighted by Crippen LogP contribution is -2.23. The molecule has 1 unspecified atom stereocenters. The quantitative estimate of drug-likeness (QED) is 0.723. The monoisotopic (exact) mass is 388 g/mol. The molecule has 5 heteroatoms. The van der Waals surface area contributed by atoms with Gasteiger partial charge in [-0.1, -0.05) is 30.3 Å². The molecule has 2 aromatic carbocycles. The van der Waals surface area contributed by atoms with E-state index in [1.807, 2.05) is 42.5 Å². The molecule has 4 rings (SSSR count). The van der Waals surface area contributed by atoms with Gasteiger partial charge in [0.05, 0.1) is 5.92 Å². The predicted octanol–water partition coefficient (Wildman–Crippen LogP) is 3.76. The first-order chi connectivity index (χ1) is 14.0. The van der Waals surface area contributed by atoms with Crippen LogP contribution in [0.5, 0.6) is 0 Å². The number of rotatable bonds is 5. The van der Waals surface area contributed by atoms with E-state index in [2.05, 4.69) is 4.98 Å². The summed E-state index contributed by atoms with van der Waals surface area (Å²) in [6.07, 6.45) is 5.10. The standard InChI is InChI=1S/C24H21FN2O2/c25-23-12-18-10-20(28)7-6-17(18)11-21(23)19-8-15(13-27-14-19)9-22(24(26)29)16-4-2-1-3-5-16/h1-5,8,11-14,22H,6-7,9-10H2,(H2,26,29). The summed E-state index contributed by atoms with van der Waals surface area (Å²) < 4.78 is 14.8. The van der Waals surface area contributed by atoms with Gasteiger partial charge in [-0.3, -0.25) is 14.6 Å². The molecule has 1 amide bonds. The fraction of sp³-hybridized carbons (Fsp3) is 0.208. The highest BCUT2D eigenvalue weighted by Gasteiger charge is 2.21. The van der Waals surface area contributed by atoms with E-state index in [4.69, 9.17) is 5.73 Å². The van der Waals surface area contributed by atoms with Crippen LogP contribution in [0, 0.1) is 5.82 Å². The van der Waals surface area contributed by atoms with Crippen LogP contribution in [0.1, 0.15) is 34.6 Å². The third kappa shape index (κ3) is 4.09. The zero-order valence-corrected chi connectivity index (χ0v) is 15.9. The molecule has 0 saturated carbocycles. The van der Waals surface area contributed by atoms with Crippen LogP contribution in [0.25, 0.3) is 11.1 Å². The van der Waals surface area contributed by atoms with Gasteiger partial charge in [0.25, 0.3) is 0 Å². The van der Waals surface area contributed by atoms with Crippen molar-refractivity contribution in [1.82, 2.24) is 4.98 Å². The van der Waals surface area contributed by atoms with Crippen molar-refractivity contribution in [3.8, 4) is 11.1 Å². The van der Waals surface area contributed by atoms with Crippen molar-refractivity contribution >= 4 is 11.7 Å². The Balaban J connectivity index is 1.66. The van der Waals surface area contributed by atoms with E-state index in [0.717, 1.165) is 22.3 Å². The minimum atomic E-state index is -0.479. The Morgan fingerprint density at radius 2 is 1.86 bits per heavy atom. The molecule has 146 valence electrons. The number of nitrogens with zero attached hydrogens (tertiary/aromatic N) is 1. The summed E-state index contributed by atoms with van der Waals surface area (Å²) in [7, 11) is 0. The van der Waals surface area contributed by atoms with Crippen LogP contribution >= 0.6 is 0 Å². The van der Waals surface area contributed by atoms with Crippen LogP contribution < -0.4 is 5.73 Å². The number of hydrogen-bond acceptors (Lipinski definition) is 3. The fourth-order valence-corrected chi connectivity index (χ4v) is 3.90. The van der Waals surface area contributed by atoms with Crippen LogP contribution in [-0.2, 0) is 28.9 Å². The summed E-state index contributed by atoms with van der Waals surface area (Å²) in [5, 5.41) is 0. The van der Waals surface area contributed by atoms with Crippen LogP contribution in [0.15, 0.2) is 60.9 Å². The number of aromatic nitrogens is 1. The molecule has 1 aromatic heterocycles. The Morgan fingerprint density at radius 1 is 1.07 bits per heavy atom. The highest BCUT2D eigenvalue weighted by atomic mass is 19.1. The van der Waals surface area contributed by atoms with Gasteiger partial charge < -0.3 is 5.73 Å². The second kappa shape index (κ2) is 7.95. The second-order valence-electron chi connectivity index (χ2n) is 7.47. The third-order valence-electron chi connectivity index (χ3n) is 5.44. The van der Waals surface area contributed by atoms with Gasteiger partial charge in [-0.15, -0.1) is 0 Å². The average molecular weight is 388 g/mol. The molecule has 3 aromatic rings. The Bertz CT molecular complexity index is 1080. The van der Waals surface area contributed by atoms with Gasteiger partial charge in [0.15, 0.2) is 0 Å². The van der Waals surface area contributed by atoms with Crippen molar-refractivity contribution in [3.05, 3.63) is 89.0 Å². The minimum absolute atomic E-state index is 0.145. The van der Waals surface area contributed by atoms with Crippen LogP contribution in [-0.4, -0.2) is 16.7 Å². The number of ketones is 1. The number of hydrogen-bond donors (Lipinski definition) is 1. The van der Waals surface area contributed by atoms with E-state index in [1.54, 1.807) is 12.4 Å². The Morgan fingerprint density at radius 3 is 2.62 bits per heavy atom. The number of carbonyl (C=O) groups excluding carboxylic acids is 2. The first-order valence-electron chi connectivity index (χ1n) is 9.63. The van der Waals surface area contributed by atoms with Crippen molar-refractivity contribution in [2.45, 2.75) is 31.6 Å². The lowest BCUT2D eigenvalue weighted by atomic mass is 9.87. The Labute approximate surface area is 168 Å². The number of primary amides is 1. The number of pyridine rings is 1. The molecule has 1 atom stereocenters. The molecule has 1 aliphatic rings. The molecular weight excluding hydrogens is 367 g/mol. The maximum absolute atomic E-state index is 14.8. The molecule has 0 bridgehead atoms. The summed E-state index contributed by atoms with van der Waals surface area (Å²) in [6, 6.07) is 14.5. The maximum Gasteiger partial charge on any atom is 0.225 e. The van der Waals surface area contributed by atoms with E-state index in [9.17, 15) is 14.0 Å². The predicted molar refractivity (Wildman–Crippen MR) is 109 cm³/mol. The summed E-state index contributed by atoms with van der Waals surface area (Å²) in [5.41, 5.74) is 10.2. The van der Waals surface area contributed by atoms with Crippen molar-refractivity contribution in [2.75, 3.05) is 0 Å². The molecule has 0 aliphatic heterocycles. The van der Waals surface area contributed by atoms with Gasteiger partial charge in [-0.25, -0.2) is 4.39 Å². The molecule has 29 heavy (non-hydrogen) atoms. The van der Waals surface area contributed by atoms with Gasteiger partial charge >= 0.3 is 0 Å². The highest BCUT2D eigenvalue weighted by molar-refractivity contribution is 5.84. The Kier molecular flexibility index (Phi) is 5.21. The first-order valence-corrected chi connectivity index (χ1v) is 9.63. The highest BCUT2D eigenvalue weighted by Crippen LogP contribution is 2.30. The molecule has 0 fully saturated rings. The SMILES string of the molecule is NC(=O)C(Cc1cncc(-c2cc3c(cc2F)CC(=O)CC3)c1)c1ccccc1. The summed E-state index contributed by atoms with van der Waals surface area (Å²) in [6.45, 7) is 0. The number of nitrogens with two attached hydrogens (primary N) is 1. The van der Waals surface area contributed by atoms with Crippen molar-refractivity contribution in [1.29, 1.82) is 0 Å². The number of benzene rings is 2. The largest absolute Gasteiger partial charge is 0.369 e. The van der Waals surface area contributed by atoms with Crippen LogP contribution in [0.2, 0.25) is 0 Å². The zero-order chi connectivity index (χ0) is 20.4. The van der Waals surface area contributed by atoms with Crippen molar-refractivity contribution in [2.24, 2.45) is 5.73 Å². The second-order valence-corrected chi connectivity index (χ2v) is 7.47. The normalized spacial score (nSPS) is 14.3. The molecule has 0 saturated heterocycles. The summed E-state index contributed by atoms with van der Waals surface area (Å²) in [4.78, 5) is 27.9. The number of amides is 1. The molecular formula is C24H21FN2O2. The molecule has 1 heterocycles. The van der Waals surface area contributed by atoms with E-state index in [0.29, 0.717) is 36.8 Å². The van der Waals surface area contributed by atoms with Gasteiger partial charge in [-0.2, -0.15) is 0 Å². The first kappa shape index (κ1) is 19.0. The molecule has 0 spiro atoms. The zero-order valence-electron chi connectivity index (χ0n) is 15.9. The average Bonchev–Trinajstić information content (AvgIpc) is 2.72. The van der Waals surface area contributed by atoms with Crippen molar-refractivity contribution in [3.63, 3.8) is 0 Å². The topological polar surface area (TPSA) is 73.1 Å². The summed E-state index contributed by atoms with van der Waals surface area (Å²) >= 11 is 0. The number of Topliss-reactive ketones (excluding diaryl/α,β-unsaturated/α-hetero) is 1. The van der Waals surface area contributed by atoms with E-state index in [-0.39, 0.29) is 11.6 Å². The number of carbonyl (C=O) groups is 2. The molecule has 4 nitrogen and oxygen atoms in total. The fourth-order valence-electron chi connectivity index (χ4n) is 3.90. The minimum Gasteiger partial charge on any atom is -0.369 e. The maximum atomic E-state index is 14.8. The molecule has 2 N–H and O–H groups in total. The number of aryl methyl sites for hydroxylation is 1. The van der Waals surface area contributed by atoms with E-state index < -0.39 is 11.8 Å². The number of fused-ring (bicyclic) bond motifs is 1. The van der Waals surface area contributed by atoms with Crippen molar-refractivity contribution < 1.29 is 14.0 Å². The van der Waals surface area contributed by atoms with Gasteiger partial charge in [0.1, 0.15) is 11.6 Å². The van der Waals surface area contributed by atoms with Crippen LogP contribution in [0.4, 0.5) is 4.39 Å². The molecule has 1 aliphatic carbocycles. The Hall–Kier alpha value is -3.34. The lowest BCUT2D eigenvalue weighted by Gasteiger charge is -2.17.